The van der Waals surface area contributed by atoms with E-state index in [-0.39, 0.29) is 24.6 Å². The Hall–Kier alpha value is -2.83. The van der Waals surface area contributed by atoms with E-state index in [0.29, 0.717) is 18.7 Å². The molecule has 9 nitrogen and oxygen atoms in total. The number of nitrogens with one attached hydrogen (secondary N) is 1. The third-order valence-electron chi connectivity index (χ3n) is 8.17. The summed E-state index contributed by atoms with van der Waals surface area (Å²) in [4.78, 5) is 31.0. The van der Waals surface area contributed by atoms with E-state index >= 15 is 0 Å². The van der Waals surface area contributed by atoms with E-state index in [0.717, 1.165) is 70.5 Å². The van der Waals surface area contributed by atoms with Crippen molar-refractivity contribution in [1.29, 1.82) is 0 Å². The summed E-state index contributed by atoms with van der Waals surface area (Å²) in [6.07, 6.45) is 7.80. The van der Waals surface area contributed by atoms with Gasteiger partial charge in [0.15, 0.2) is 10.0 Å². The number of aliphatic hydroxyl groups is 1. The number of hydrogen-bond acceptors (Lipinski definition) is 9. The highest BCUT2D eigenvalue weighted by Crippen LogP contribution is 2.41. The fraction of sp³-hybridized carbons (Fsp3) is 0.467. The van der Waals surface area contributed by atoms with Crippen LogP contribution in [0.5, 0.6) is 0 Å². The number of thioether (sulfide) groups is 1. The molecule has 1 amide bonds. The molecule has 2 aliphatic rings. The van der Waals surface area contributed by atoms with Crippen LogP contribution in [0.15, 0.2) is 59.3 Å². The van der Waals surface area contributed by atoms with Gasteiger partial charge in [0.1, 0.15) is 15.9 Å². The van der Waals surface area contributed by atoms with Crippen molar-refractivity contribution in [2.45, 2.75) is 54.1 Å². The first-order chi connectivity index (χ1) is 20.1. The number of thiazole rings is 1. The maximum Gasteiger partial charge on any atom is 0.275 e. The molecule has 1 saturated carbocycles. The predicted octanol–water partition coefficient (Wildman–Crippen LogP) is 4.64. The molecule has 4 heterocycles. The number of imidazole rings is 1. The molecule has 0 bridgehead atoms. The van der Waals surface area contributed by atoms with Gasteiger partial charge in [-0.15, -0.1) is 0 Å². The first kappa shape index (κ1) is 28.3. The molecule has 4 aromatic rings. The van der Waals surface area contributed by atoms with Crippen LogP contribution in [0.3, 0.4) is 0 Å². The third-order valence-corrected chi connectivity index (χ3v) is 10.3. The first-order valence-corrected chi connectivity index (χ1v) is 16.1. The molecule has 2 fully saturated rings. The molecule has 6 rings (SSSR count). The van der Waals surface area contributed by atoms with Crippen LogP contribution in [0.2, 0.25) is 0 Å². The highest BCUT2D eigenvalue weighted by atomic mass is 32.2. The van der Waals surface area contributed by atoms with Crippen molar-refractivity contribution >= 4 is 39.4 Å². The van der Waals surface area contributed by atoms with Gasteiger partial charge in [0.05, 0.1) is 24.7 Å². The highest BCUT2D eigenvalue weighted by Gasteiger charge is 2.42. The molecule has 2 N–H and O–H groups in total. The number of rotatable bonds is 9. The number of pyridine rings is 1. The monoisotopic (exact) mass is 592 g/mol. The summed E-state index contributed by atoms with van der Waals surface area (Å²) in [5.74, 6) is 0.789. The number of ether oxygens (including phenoxy) is 1. The van der Waals surface area contributed by atoms with Crippen LogP contribution >= 0.6 is 23.1 Å². The van der Waals surface area contributed by atoms with E-state index < -0.39 is 5.60 Å². The lowest BCUT2D eigenvalue weighted by atomic mass is 9.80. The molecule has 1 aliphatic carbocycles. The van der Waals surface area contributed by atoms with Crippen molar-refractivity contribution in [2.24, 2.45) is 0 Å². The molecule has 0 unspecified atom stereocenters. The number of carbonyl (C=O) groups excluding carboxylic acids is 1. The van der Waals surface area contributed by atoms with E-state index in [1.807, 2.05) is 51.9 Å². The van der Waals surface area contributed by atoms with Gasteiger partial charge in [-0.05, 0) is 31.4 Å². The zero-order valence-electron chi connectivity index (χ0n) is 23.2. The van der Waals surface area contributed by atoms with Crippen LogP contribution < -0.4 is 5.32 Å². The van der Waals surface area contributed by atoms with E-state index in [9.17, 15) is 9.90 Å². The van der Waals surface area contributed by atoms with Crippen LogP contribution in [0.1, 0.15) is 48.6 Å². The zero-order valence-corrected chi connectivity index (χ0v) is 24.9. The lowest BCUT2D eigenvalue weighted by Crippen LogP contribution is -2.54. The largest absolute Gasteiger partial charge is 0.385 e. The molecule has 216 valence electrons. The molecular weight excluding hydrogens is 557 g/mol. The lowest BCUT2D eigenvalue weighted by molar-refractivity contribution is -0.0893. The van der Waals surface area contributed by atoms with E-state index in [1.54, 1.807) is 42.7 Å². The van der Waals surface area contributed by atoms with Gasteiger partial charge in [-0.1, -0.05) is 66.3 Å². The van der Waals surface area contributed by atoms with Gasteiger partial charge in [0, 0.05) is 50.3 Å². The SMILES string of the molecule is COC[C@]1(O)CCCC[C@H]1n1cnc(C(=O)N2CCNC[C@H]2CCSc2nc3cccnc3s2)c1-c1ccccc1. The minimum atomic E-state index is -1.01. The number of carbonyl (C=O) groups is 1. The number of benzene rings is 1. The summed E-state index contributed by atoms with van der Waals surface area (Å²) in [7, 11) is 1.63. The smallest absolute Gasteiger partial charge is 0.275 e. The summed E-state index contributed by atoms with van der Waals surface area (Å²) in [5.41, 5.74) is 2.05. The Bertz CT molecular complexity index is 1440. The van der Waals surface area contributed by atoms with Crippen LogP contribution in [0.25, 0.3) is 21.6 Å². The Balaban J connectivity index is 1.26. The maximum absolute atomic E-state index is 14.2. The van der Waals surface area contributed by atoms with Crippen molar-refractivity contribution in [3.05, 3.63) is 60.7 Å². The van der Waals surface area contributed by atoms with E-state index in [4.69, 9.17) is 14.7 Å². The average Bonchev–Trinajstić information content (AvgIpc) is 3.62. The fourth-order valence-corrected chi connectivity index (χ4v) is 8.26. The second kappa shape index (κ2) is 12.6. The number of hydrogen-bond donors (Lipinski definition) is 2. The van der Waals surface area contributed by atoms with Crippen LogP contribution in [-0.4, -0.2) is 86.2 Å². The molecule has 3 aromatic heterocycles. The first-order valence-electron chi connectivity index (χ1n) is 14.3. The third kappa shape index (κ3) is 5.91. The van der Waals surface area contributed by atoms with Crippen molar-refractivity contribution < 1.29 is 14.6 Å². The average molecular weight is 593 g/mol. The second-order valence-corrected chi connectivity index (χ2v) is 13.1. The molecule has 41 heavy (non-hydrogen) atoms. The summed E-state index contributed by atoms with van der Waals surface area (Å²) in [5, 5.41) is 15.1. The Labute approximate surface area is 248 Å². The normalized spacial score (nSPS) is 23.2. The van der Waals surface area contributed by atoms with Crippen LogP contribution in [0.4, 0.5) is 0 Å². The fourth-order valence-electron chi connectivity index (χ4n) is 6.17. The van der Waals surface area contributed by atoms with Gasteiger partial charge in [0.25, 0.3) is 5.91 Å². The number of nitrogens with zero attached hydrogens (tertiary/aromatic N) is 5. The predicted molar refractivity (Wildman–Crippen MR) is 162 cm³/mol. The topological polar surface area (TPSA) is 105 Å². The van der Waals surface area contributed by atoms with Crippen molar-refractivity contribution in [2.75, 3.05) is 39.1 Å². The maximum atomic E-state index is 14.2. The molecule has 1 saturated heterocycles. The molecule has 1 aliphatic heterocycles. The number of methoxy groups -OCH3 is 1. The second-order valence-electron chi connectivity index (χ2n) is 10.8. The summed E-state index contributed by atoms with van der Waals surface area (Å²) < 4.78 is 8.49. The zero-order chi connectivity index (χ0) is 28.2. The standard InChI is InChI=1S/C30H36N6O3S2/c1-39-19-30(38)13-6-5-11-24(30)36-20-33-25(26(36)21-8-3-2-4-9-21)28(37)35-16-15-31-18-22(35)12-17-40-29-34-23-10-7-14-32-27(23)41-29/h2-4,7-10,14,20,22,24,31,38H,5-6,11-13,15-19H2,1H3/t22-,24-,30-/m1/s1. The summed E-state index contributed by atoms with van der Waals surface area (Å²) >= 11 is 3.33. The minimum absolute atomic E-state index is 0.0464. The molecule has 0 spiro atoms. The highest BCUT2D eigenvalue weighted by molar-refractivity contribution is 8.01. The Morgan fingerprint density at radius 1 is 1.22 bits per heavy atom. The molecule has 11 heteroatoms. The molecule has 1 aromatic carbocycles. The van der Waals surface area contributed by atoms with Gasteiger partial charge in [0.2, 0.25) is 0 Å². The van der Waals surface area contributed by atoms with E-state index in [1.165, 1.54) is 0 Å². The molecule has 3 atom stereocenters. The van der Waals surface area contributed by atoms with Gasteiger partial charge < -0.3 is 24.6 Å². The van der Waals surface area contributed by atoms with Gasteiger partial charge >= 0.3 is 0 Å². The minimum Gasteiger partial charge on any atom is -0.385 e. The number of aromatic nitrogens is 4. The van der Waals surface area contributed by atoms with Crippen molar-refractivity contribution in [1.82, 2.24) is 29.7 Å². The summed E-state index contributed by atoms with van der Waals surface area (Å²) in [6.45, 7) is 2.36. The van der Waals surface area contributed by atoms with Crippen molar-refractivity contribution in [3.8, 4) is 11.3 Å². The number of amides is 1. The Morgan fingerprint density at radius 2 is 2.10 bits per heavy atom. The van der Waals surface area contributed by atoms with Crippen molar-refractivity contribution in [3.63, 3.8) is 0 Å². The van der Waals surface area contributed by atoms with Gasteiger partial charge in [-0.3, -0.25) is 4.79 Å². The quantitative estimate of drug-likeness (QED) is 0.271. The Morgan fingerprint density at radius 3 is 2.93 bits per heavy atom. The van der Waals surface area contributed by atoms with Gasteiger partial charge in [-0.25, -0.2) is 15.0 Å². The Kier molecular flexibility index (Phi) is 8.68. The van der Waals surface area contributed by atoms with Crippen LogP contribution in [-0.2, 0) is 4.74 Å². The summed E-state index contributed by atoms with van der Waals surface area (Å²) in [6, 6.07) is 13.7. The van der Waals surface area contributed by atoms with Gasteiger partial charge in [-0.2, -0.15) is 0 Å². The number of piperazine rings is 1. The lowest BCUT2D eigenvalue weighted by Gasteiger charge is -2.41. The van der Waals surface area contributed by atoms with Crippen LogP contribution in [0, 0.1) is 0 Å². The number of fused-ring (bicyclic) bond motifs is 1. The molecular formula is C30H36N6O3S2. The van der Waals surface area contributed by atoms with E-state index in [2.05, 4.69) is 10.3 Å². The molecule has 0 radical (unpaired) electrons.